The Hall–Kier alpha value is -1.62. The van der Waals surface area contributed by atoms with Gasteiger partial charge in [-0.3, -0.25) is 5.41 Å². The molecule has 4 nitrogen and oxygen atoms in total. The Kier molecular flexibility index (Phi) is 2.81. The van der Waals surface area contributed by atoms with Crippen molar-refractivity contribution in [3.63, 3.8) is 0 Å². The highest BCUT2D eigenvalue weighted by Gasteiger charge is 2.03. The molecule has 6 N–H and O–H groups in total. The van der Waals surface area contributed by atoms with Crippen LogP contribution in [-0.4, -0.2) is 10.9 Å². The van der Waals surface area contributed by atoms with E-state index in [1.807, 2.05) is 6.07 Å². The number of hydrogen-bond acceptors (Lipinski definition) is 2. The SMILES string of the molecule is N=C(N)c1ccccc1NC(N)=S. The van der Waals surface area contributed by atoms with Gasteiger partial charge in [0, 0.05) is 5.56 Å². The fourth-order valence-corrected chi connectivity index (χ4v) is 1.07. The second-order valence-electron chi connectivity index (χ2n) is 2.45. The molecular weight excluding hydrogens is 184 g/mol. The molecular formula is C8H10N4S. The van der Waals surface area contributed by atoms with E-state index in [9.17, 15) is 0 Å². The summed E-state index contributed by atoms with van der Waals surface area (Å²) in [5.41, 5.74) is 11.9. The van der Waals surface area contributed by atoms with Crippen LogP contribution in [-0.2, 0) is 0 Å². The molecule has 0 aliphatic heterocycles. The molecule has 13 heavy (non-hydrogen) atoms. The van der Waals surface area contributed by atoms with Crippen LogP contribution in [0.4, 0.5) is 5.69 Å². The Labute approximate surface area is 81.4 Å². The van der Waals surface area contributed by atoms with Gasteiger partial charge in [-0.15, -0.1) is 0 Å². The molecule has 0 aromatic heterocycles. The molecule has 1 aromatic carbocycles. The van der Waals surface area contributed by atoms with Gasteiger partial charge in [0.05, 0.1) is 5.69 Å². The average molecular weight is 194 g/mol. The van der Waals surface area contributed by atoms with Crippen LogP contribution in [0.15, 0.2) is 24.3 Å². The first kappa shape index (κ1) is 9.47. The lowest BCUT2D eigenvalue weighted by Crippen LogP contribution is -2.22. The number of nitrogens with two attached hydrogens (primary N) is 2. The first-order valence-corrected chi connectivity index (χ1v) is 4.02. The van der Waals surface area contributed by atoms with Crippen LogP contribution in [0.2, 0.25) is 0 Å². The zero-order valence-corrected chi connectivity index (χ0v) is 7.69. The van der Waals surface area contributed by atoms with Crippen molar-refractivity contribution in [2.45, 2.75) is 0 Å². The van der Waals surface area contributed by atoms with Gasteiger partial charge >= 0.3 is 0 Å². The standard InChI is InChI=1S/C8H10N4S/c9-7(10)5-3-1-2-4-6(5)12-8(11)13/h1-4H,(H3,9,10)(H3,11,12,13). The number of nitrogens with one attached hydrogen (secondary N) is 2. The predicted octanol–water partition coefficient (Wildman–Crippen LogP) is 0.626. The fourth-order valence-electron chi connectivity index (χ4n) is 0.960. The third kappa shape index (κ3) is 2.41. The molecule has 68 valence electrons. The summed E-state index contributed by atoms with van der Waals surface area (Å²) in [6, 6.07) is 7.09. The minimum Gasteiger partial charge on any atom is -0.384 e. The van der Waals surface area contributed by atoms with E-state index in [0.717, 1.165) is 0 Å². The van der Waals surface area contributed by atoms with Crippen LogP contribution < -0.4 is 16.8 Å². The molecule has 0 fully saturated rings. The van der Waals surface area contributed by atoms with E-state index in [1.54, 1.807) is 18.2 Å². The van der Waals surface area contributed by atoms with Gasteiger partial charge in [0.25, 0.3) is 0 Å². The monoisotopic (exact) mass is 194 g/mol. The van der Waals surface area contributed by atoms with E-state index in [2.05, 4.69) is 17.5 Å². The maximum Gasteiger partial charge on any atom is 0.168 e. The summed E-state index contributed by atoms with van der Waals surface area (Å²) >= 11 is 4.68. The maximum absolute atomic E-state index is 7.27. The average Bonchev–Trinajstić information content (AvgIpc) is 2.03. The lowest BCUT2D eigenvalue weighted by molar-refractivity contribution is 1.42. The number of para-hydroxylation sites is 1. The maximum atomic E-state index is 7.27. The van der Waals surface area contributed by atoms with Crippen molar-refractivity contribution in [3.8, 4) is 0 Å². The second kappa shape index (κ2) is 3.86. The molecule has 0 radical (unpaired) electrons. The number of amidine groups is 1. The fraction of sp³-hybridized carbons (Fsp3) is 0. The zero-order valence-electron chi connectivity index (χ0n) is 6.87. The van der Waals surface area contributed by atoms with Gasteiger partial charge in [0.1, 0.15) is 5.84 Å². The third-order valence-electron chi connectivity index (χ3n) is 1.48. The highest BCUT2D eigenvalue weighted by molar-refractivity contribution is 7.80. The summed E-state index contributed by atoms with van der Waals surface area (Å²) in [7, 11) is 0. The van der Waals surface area contributed by atoms with E-state index in [4.69, 9.17) is 16.9 Å². The topological polar surface area (TPSA) is 87.9 Å². The Balaban J connectivity index is 3.04. The number of rotatable bonds is 2. The summed E-state index contributed by atoms with van der Waals surface area (Å²) in [6.45, 7) is 0. The molecule has 0 amide bonds. The summed E-state index contributed by atoms with van der Waals surface area (Å²) in [5, 5.41) is 10.2. The summed E-state index contributed by atoms with van der Waals surface area (Å²) in [6.07, 6.45) is 0. The molecule has 0 atom stereocenters. The lowest BCUT2D eigenvalue weighted by atomic mass is 10.1. The van der Waals surface area contributed by atoms with Crippen LogP contribution in [0, 0.1) is 5.41 Å². The van der Waals surface area contributed by atoms with Crippen LogP contribution in [0.1, 0.15) is 5.56 Å². The normalized spacial score (nSPS) is 9.23. The molecule has 0 saturated heterocycles. The highest BCUT2D eigenvalue weighted by Crippen LogP contribution is 2.13. The van der Waals surface area contributed by atoms with Gasteiger partial charge in [0.15, 0.2) is 5.11 Å². The molecule has 1 aromatic rings. The van der Waals surface area contributed by atoms with E-state index in [1.165, 1.54) is 0 Å². The van der Waals surface area contributed by atoms with E-state index >= 15 is 0 Å². The number of thiocarbonyl (C=S) groups is 1. The molecule has 1 rings (SSSR count). The van der Waals surface area contributed by atoms with Crippen LogP contribution in [0.3, 0.4) is 0 Å². The summed E-state index contributed by atoms with van der Waals surface area (Å²) < 4.78 is 0. The Morgan fingerprint density at radius 1 is 1.31 bits per heavy atom. The third-order valence-corrected chi connectivity index (χ3v) is 1.58. The van der Waals surface area contributed by atoms with Gasteiger partial charge in [-0.2, -0.15) is 0 Å². The lowest BCUT2D eigenvalue weighted by Gasteiger charge is -2.08. The molecule has 0 bridgehead atoms. The molecule has 5 heteroatoms. The molecule has 0 saturated carbocycles. The summed E-state index contributed by atoms with van der Waals surface area (Å²) in [4.78, 5) is 0. The van der Waals surface area contributed by atoms with Gasteiger partial charge in [-0.1, -0.05) is 12.1 Å². The minimum absolute atomic E-state index is 0.0145. The quantitative estimate of drug-likeness (QED) is 0.316. The van der Waals surface area contributed by atoms with Crippen molar-refractivity contribution >= 4 is 28.9 Å². The van der Waals surface area contributed by atoms with E-state index < -0.39 is 0 Å². The molecule has 0 unspecified atom stereocenters. The van der Waals surface area contributed by atoms with Gasteiger partial charge in [-0.05, 0) is 24.4 Å². The van der Waals surface area contributed by atoms with Crippen LogP contribution in [0.25, 0.3) is 0 Å². The van der Waals surface area contributed by atoms with Gasteiger partial charge < -0.3 is 16.8 Å². The molecule has 0 heterocycles. The van der Waals surface area contributed by atoms with Gasteiger partial charge in [-0.25, -0.2) is 0 Å². The van der Waals surface area contributed by atoms with Gasteiger partial charge in [0.2, 0.25) is 0 Å². The van der Waals surface area contributed by atoms with Crippen molar-refractivity contribution in [2.24, 2.45) is 11.5 Å². The molecule has 0 aliphatic rings. The number of anilines is 1. The van der Waals surface area contributed by atoms with Crippen molar-refractivity contribution in [1.29, 1.82) is 5.41 Å². The van der Waals surface area contributed by atoms with Crippen molar-refractivity contribution in [2.75, 3.05) is 5.32 Å². The number of hydrogen-bond donors (Lipinski definition) is 4. The summed E-state index contributed by atoms with van der Waals surface area (Å²) in [5.74, 6) is -0.0145. The number of nitrogen functional groups attached to an aromatic ring is 1. The highest BCUT2D eigenvalue weighted by atomic mass is 32.1. The van der Waals surface area contributed by atoms with E-state index in [-0.39, 0.29) is 10.9 Å². The van der Waals surface area contributed by atoms with Crippen molar-refractivity contribution in [3.05, 3.63) is 29.8 Å². The zero-order chi connectivity index (χ0) is 9.84. The first-order valence-electron chi connectivity index (χ1n) is 3.61. The molecule has 0 aliphatic carbocycles. The van der Waals surface area contributed by atoms with Crippen molar-refractivity contribution in [1.82, 2.24) is 0 Å². The van der Waals surface area contributed by atoms with E-state index in [0.29, 0.717) is 11.3 Å². The van der Waals surface area contributed by atoms with Crippen LogP contribution in [0.5, 0.6) is 0 Å². The Morgan fingerprint density at radius 3 is 2.46 bits per heavy atom. The minimum atomic E-state index is -0.0145. The largest absolute Gasteiger partial charge is 0.384 e. The molecule has 0 spiro atoms. The predicted molar refractivity (Wildman–Crippen MR) is 57.9 cm³/mol. The van der Waals surface area contributed by atoms with Crippen LogP contribution >= 0.6 is 12.2 Å². The van der Waals surface area contributed by atoms with Crippen molar-refractivity contribution < 1.29 is 0 Å². The first-order chi connectivity index (χ1) is 6.11. The Morgan fingerprint density at radius 2 is 1.92 bits per heavy atom. The second-order valence-corrected chi connectivity index (χ2v) is 2.89. The Bertz CT molecular complexity index is 348. The smallest absolute Gasteiger partial charge is 0.168 e. The number of benzene rings is 1.